The molecule has 27 heavy (non-hydrogen) atoms. The van der Waals surface area contributed by atoms with Crippen LogP contribution in [0.25, 0.3) is 0 Å². The zero-order chi connectivity index (χ0) is 19.5. The Hall–Kier alpha value is -2.27. The van der Waals surface area contributed by atoms with Crippen LogP contribution in [0, 0.1) is 9.39 Å². The smallest absolute Gasteiger partial charge is 0.416 e. The third-order valence-electron chi connectivity index (χ3n) is 4.80. The van der Waals surface area contributed by atoms with Gasteiger partial charge in [0.1, 0.15) is 18.5 Å². The molecule has 140 valence electrons. The summed E-state index contributed by atoms with van der Waals surface area (Å²) in [6.45, 7) is 1.27. The van der Waals surface area contributed by atoms with Gasteiger partial charge in [0.15, 0.2) is 5.78 Å². The van der Waals surface area contributed by atoms with Crippen molar-refractivity contribution in [3.8, 4) is 0 Å². The van der Waals surface area contributed by atoms with E-state index in [0.29, 0.717) is 9.13 Å². The second kappa shape index (κ2) is 6.41. The maximum absolute atomic E-state index is 13.8. The van der Waals surface area contributed by atoms with Gasteiger partial charge >= 0.3 is 12.1 Å². The molecule has 4 rings (SSSR count). The van der Waals surface area contributed by atoms with Gasteiger partial charge in [-0.25, -0.2) is 18.9 Å². The Morgan fingerprint density at radius 3 is 2.70 bits per heavy atom. The number of ketones is 1. The monoisotopic (exact) mass is 485 g/mol. The van der Waals surface area contributed by atoms with Crippen LogP contribution in [-0.2, 0) is 19.1 Å². The van der Waals surface area contributed by atoms with Crippen molar-refractivity contribution in [2.75, 3.05) is 13.2 Å². The second-order valence-electron chi connectivity index (χ2n) is 6.35. The molecule has 0 bridgehead atoms. The van der Waals surface area contributed by atoms with Crippen LogP contribution in [0.5, 0.6) is 0 Å². The van der Waals surface area contributed by atoms with E-state index in [2.05, 4.69) is 0 Å². The molecule has 2 unspecified atom stereocenters. The number of ether oxygens (including phenoxy) is 2. The van der Waals surface area contributed by atoms with E-state index in [-0.39, 0.29) is 35.8 Å². The molecule has 1 aromatic rings. The fourth-order valence-corrected chi connectivity index (χ4v) is 4.31. The fraction of sp³-hybridized carbons (Fsp3) is 0.278. The highest BCUT2D eigenvalue weighted by molar-refractivity contribution is 14.1. The van der Waals surface area contributed by atoms with E-state index in [0.717, 1.165) is 4.90 Å². The highest BCUT2D eigenvalue weighted by Gasteiger charge is 2.50. The Bertz CT molecular complexity index is 967. The molecule has 3 heterocycles. The van der Waals surface area contributed by atoms with Gasteiger partial charge in [-0.1, -0.05) is 6.07 Å². The first-order valence-corrected chi connectivity index (χ1v) is 9.16. The number of Topliss-reactive ketones (excluding diaryl/α,β-unsaturated/α-hetero) is 1. The zero-order valence-electron chi connectivity index (χ0n) is 14.0. The average molecular weight is 485 g/mol. The van der Waals surface area contributed by atoms with Crippen molar-refractivity contribution in [1.29, 1.82) is 0 Å². The Morgan fingerprint density at radius 2 is 2.04 bits per heavy atom. The first-order chi connectivity index (χ1) is 12.8. The topological polar surface area (TPSA) is 93.1 Å². The Kier molecular flexibility index (Phi) is 4.30. The SMILES string of the molecule is CC1OC(=O)C2=C1N(C(=O)O)C1=C(C(=O)COC1)C2c1ccc(F)c(I)c1. The number of hydrogen-bond donors (Lipinski definition) is 1. The lowest BCUT2D eigenvalue weighted by molar-refractivity contribution is -0.139. The molecule has 0 fully saturated rings. The zero-order valence-corrected chi connectivity index (χ0v) is 16.2. The van der Waals surface area contributed by atoms with Gasteiger partial charge in [0.05, 0.1) is 23.6 Å². The maximum Gasteiger partial charge on any atom is 0.416 e. The van der Waals surface area contributed by atoms with Gasteiger partial charge in [-0.15, -0.1) is 0 Å². The van der Waals surface area contributed by atoms with Crippen LogP contribution in [0.2, 0.25) is 0 Å². The van der Waals surface area contributed by atoms with Crippen LogP contribution in [0.3, 0.4) is 0 Å². The molecule has 0 aromatic heterocycles. The molecule has 1 N–H and O–H groups in total. The molecule has 0 aliphatic carbocycles. The van der Waals surface area contributed by atoms with Crippen LogP contribution in [0.15, 0.2) is 40.7 Å². The molecule has 2 atom stereocenters. The quantitative estimate of drug-likeness (QED) is 0.486. The van der Waals surface area contributed by atoms with Crippen molar-refractivity contribution in [1.82, 2.24) is 4.90 Å². The van der Waals surface area contributed by atoms with Crippen LogP contribution in [-0.4, -0.2) is 47.2 Å². The van der Waals surface area contributed by atoms with Crippen molar-refractivity contribution in [2.24, 2.45) is 0 Å². The van der Waals surface area contributed by atoms with Crippen LogP contribution in [0.4, 0.5) is 9.18 Å². The van der Waals surface area contributed by atoms with Gasteiger partial charge in [0, 0.05) is 15.1 Å². The number of cyclic esters (lactones) is 1. The van der Waals surface area contributed by atoms with Gasteiger partial charge < -0.3 is 14.6 Å². The molecule has 3 aliphatic heterocycles. The molecule has 0 saturated heterocycles. The second-order valence-corrected chi connectivity index (χ2v) is 7.51. The van der Waals surface area contributed by atoms with Crippen LogP contribution >= 0.6 is 22.6 Å². The number of benzene rings is 1. The number of carbonyl (C=O) groups excluding carboxylic acids is 2. The van der Waals surface area contributed by atoms with E-state index in [9.17, 15) is 23.9 Å². The van der Waals surface area contributed by atoms with E-state index in [1.165, 1.54) is 12.1 Å². The van der Waals surface area contributed by atoms with Gasteiger partial charge in [-0.2, -0.15) is 0 Å². The van der Waals surface area contributed by atoms with Gasteiger partial charge in [-0.3, -0.25) is 4.79 Å². The minimum Gasteiger partial charge on any atom is -0.464 e. The normalized spacial score (nSPS) is 24.8. The summed E-state index contributed by atoms with van der Waals surface area (Å²) < 4.78 is 24.6. The van der Waals surface area contributed by atoms with Crippen molar-refractivity contribution in [2.45, 2.75) is 18.9 Å². The standard InChI is InChI=1S/C18H13FINO6/c1-7-16-15(17(23)27-7)13(8-2-3-9(19)10(20)4-8)14-11(21(16)18(24)25)5-26-6-12(14)22/h2-4,7,13H,5-6H2,1H3,(H,24,25). The summed E-state index contributed by atoms with van der Waals surface area (Å²) >= 11 is 1.83. The first kappa shape index (κ1) is 18.1. The predicted molar refractivity (Wildman–Crippen MR) is 97.2 cm³/mol. The number of esters is 1. The highest BCUT2D eigenvalue weighted by atomic mass is 127. The summed E-state index contributed by atoms with van der Waals surface area (Å²) in [7, 11) is 0. The number of amides is 1. The third kappa shape index (κ3) is 2.67. The lowest BCUT2D eigenvalue weighted by Crippen LogP contribution is -2.43. The Morgan fingerprint density at radius 1 is 1.30 bits per heavy atom. The van der Waals surface area contributed by atoms with Gasteiger partial charge in [-0.05, 0) is 47.2 Å². The number of carboxylic acid groups (broad SMARTS) is 1. The molecule has 1 aromatic carbocycles. The van der Waals surface area contributed by atoms with Gasteiger partial charge in [0.25, 0.3) is 0 Å². The largest absolute Gasteiger partial charge is 0.464 e. The number of halogens is 2. The molecular weight excluding hydrogens is 472 g/mol. The molecule has 0 saturated carbocycles. The lowest BCUT2D eigenvalue weighted by Gasteiger charge is -2.37. The summed E-state index contributed by atoms with van der Waals surface area (Å²) in [5.74, 6) is -2.34. The van der Waals surface area contributed by atoms with E-state index in [1.807, 2.05) is 22.6 Å². The maximum atomic E-state index is 13.8. The molecule has 3 aliphatic rings. The van der Waals surface area contributed by atoms with E-state index >= 15 is 0 Å². The van der Waals surface area contributed by atoms with Crippen LogP contribution < -0.4 is 0 Å². The van der Waals surface area contributed by atoms with Crippen molar-refractivity contribution < 1.29 is 33.4 Å². The minimum atomic E-state index is -1.33. The number of hydrogen-bond acceptors (Lipinski definition) is 5. The minimum absolute atomic E-state index is 0.0835. The van der Waals surface area contributed by atoms with Crippen LogP contribution in [0.1, 0.15) is 18.4 Å². The molecule has 9 heteroatoms. The fourth-order valence-electron chi connectivity index (χ4n) is 3.77. The molecular formula is C18H13FINO6. The summed E-state index contributed by atoms with van der Waals surface area (Å²) in [5.41, 5.74) is 1.14. The average Bonchev–Trinajstić information content (AvgIpc) is 2.90. The molecule has 1 amide bonds. The number of carbonyl (C=O) groups is 3. The summed E-state index contributed by atoms with van der Waals surface area (Å²) in [4.78, 5) is 38.1. The Balaban J connectivity index is 2.01. The summed E-state index contributed by atoms with van der Waals surface area (Å²) in [6, 6.07) is 4.30. The molecule has 0 spiro atoms. The first-order valence-electron chi connectivity index (χ1n) is 8.08. The number of rotatable bonds is 1. The number of nitrogens with zero attached hydrogens (tertiary/aromatic N) is 1. The molecule has 0 radical (unpaired) electrons. The van der Waals surface area contributed by atoms with Crippen molar-refractivity contribution >= 4 is 40.4 Å². The summed E-state index contributed by atoms with van der Waals surface area (Å²) in [6.07, 6.45) is -2.12. The van der Waals surface area contributed by atoms with E-state index in [1.54, 1.807) is 13.0 Å². The van der Waals surface area contributed by atoms with E-state index in [4.69, 9.17) is 9.47 Å². The van der Waals surface area contributed by atoms with E-state index < -0.39 is 35.7 Å². The lowest BCUT2D eigenvalue weighted by atomic mass is 9.77. The molecule has 7 nitrogen and oxygen atoms in total. The third-order valence-corrected chi connectivity index (χ3v) is 5.63. The highest BCUT2D eigenvalue weighted by Crippen LogP contribution is 2.48. The Labute approximate surface area is 166 Å². The van der Waals surface area contributed by atoms with Crippen molar-refractivity contribution in [3.05, 3.63) is 55.7 Å². The predicted octanol–water partition coefficient (Wildman–Crippen LogP) is 2.56. The summed E-state index contributed by atoms with van der Waals surface area (Å²) in [5, 5.41) is 9.72. The van der Waals surface area contributed by atoms with Crippen molar-refractivity contribution in [3.63, 3.8) is 0 Å². The van der Waals surface area contributed by atoms with Gasteiger partial charge in [0.2, 0.25) is 0 Å².